The first kappa shape index (κ1) is 19.6. The molecule has 8 heteroatoms. The number of nitrogens with one attached hydrogen (secondary N) is 1. The Balaban J connectivity index is 1.37. The van der Waals surface area contributed by atoms with Crippen LogP contribution in [0.25, 0.3) is 21.6 Å². The molecule has 0 saturated carbocycles. The van der Waals surface area contributed by atoms with Gasteiger partial charge in [-0.1, -0.05) is 47.7 Å². The molecule has 1 N–H and O–H groups in total. The van der Waals surface area contributed by atoms with Crippen LogP contribution in [0.2, 0.25) is 0 Å². The molecule has 2 heterocycles. The number of nitrogens with zero attached hydrogens (tertiary/aromatic N) is 4. The highest BCUT2D eigenvalue weighted by atomic mass is 32.2. The number of benzene rings is 2. The molecule has 0 radical (unpaired) electrons. The van der Waals surface area contributed by atoms with E-state index >= 15 is 0 Å². The standard InChI is InChI=1S/C21H21N5OS2/c1-3-26-20(15-8-6-7-14(2)11-15)24-25-21(26)28-13-18(27)22-12-19-23-16-9-4-5-10-17(16)29-19/h4-11H,3,12-13H2,1-2H3,(H,22,27). The first-order valence-electron chi connectivity index (χ1n) is 9.38. The topological polar surface area (TPSA) is 72.7 Å². The maximum atomic E-state index is 12.3. The van der Waals surface area contributed by atoms with E-state index in [1.807, 2.05) is 41.0 Å². The Morgan fingerprint density at radius 1 is 1.17 bits per heavy atom. The van der Waals surface area contributed by atoms with Crippen molar-refractivity contribution >= 4 is 39.2 Å². The van der Waals surface area contributed by atoms with Crippen LogP contribution in [0.5, 0.6) is 0 Å². The lowest BCUT2D eigenvalue weighted by atomic mass is 10.1. The summed E-state index contributed by atoms with van der Waals surface area (Å²) in [6, 6.07) is 16.2. The third-order valence-corrected chi connectivity index (χ3v) is 6.42. The summed E-state index contributed by atoms with van der Waals surface area (Å²) >= 11 is 3.00. The number of carbonyl (C=O) groups is 1. The third kappa shape index (κ3) is 4.49. The lowest BCUT2D eigenvalue weighted by molar-refractivity contribution is -0.118. The van der Waals surface area contributed by atoms with Gasteiger partial charge in [-0.3, -0.25) is 4.79 Å². The molecule has 2 aromatic heterocycles. The number of amides is 1. The SMILES string of the molecule is CCn1c(SCC(=O)NCc2nc3ccccc3s2)nnc1-c1cccc(C)c1. The summed E-state index contributed by atoms with van der Waals surface area (Å²) in [5.74, 6) is 1.07. The second-order valence-electron chi connectivity index (χ2n) is 6.56. The van der Waals surface area contributed by atoms with Crippen molar-refractivity contribution in [2.75, 3.05) is 5.75 Å². The van der Waals surface area contributed by atoms with Crippen LogP contribution in [0.1, 0.15) is 17.5 Å². The summed E-state index contributed by atoms with van der Waals surface area (Å²) in [5.41, 5.74) is 3.18. The smallest absolute Gasteiger partial charge is 0.230 e. The van der Waals surface area contributed by atoms with Crippen molar-refractivity contribution in [2.24, 2.45) is 0 Å². The van der Waals surface area contributed by atoms with Crippen LogP contribution in [0, 0.1) is 6.92 Å². The third-order valence-electron chi connectivity index (χ3n) is 4.42. The quantitative estimate of drug-likeness (QED) is 0.449. The van der Waals surface area contributed by atoms with Crippen LogP contribution in [0.4, 0.5) is 0 Å². The Bertz CT molecular complexity index is 1120. The summed E-state index contributed by atoms with van der Waals surface area (Å²) in [4.78, 5) is 16.9. The fourth-order valence-electron chi connectivity index (χ4n) is 3.03. The highest BCUT2D eigenvalue weighted by Crippen LogP contribution is 2.25. The Morgan fingerprint density at radius 3 is 2.83 bits per heavy atom. The summed E-state index contributed by atoms with van der Waals surface area (Å²) in [6.07, 6.45) is 0. The maximum absolute atomic E-state index is 12.3. The minimum Gasteiger partial charge on any atom is -0.349 e. The lowest BCUT2D eigenvalue weighted by Crippen LogP contribution is -2.24. The van der Waals surface area contributed by atoms with Gasteiger partial charge in [-0.25, -0.2) is 4.98 Å². The van der Waals surface area contributed by atoms with Gasteiger partial charge in [0.15, 0.2) is 11.0 Å². The average Bonchev–Trinajstić information content (AvgIpc) is 3.34. The summed E-state index contributed by atoms with van der Waals surface area (Å²) in [5, 5.41) is 13.2. The molecule has 0 atom stereocenters. The van der Waals surface area contributed by atoms with Gasteiger partial charge >= 0.3 is 0 Å². The molecule has 4 aromatic rings. The maximum Gasteiger partial charge on any atom is 0.230 e. The van der Waals surface area contributed by atoms with E-state index in [0.717, 1.165) is 38.3 Å². The molecule has 148 valence electrons. The van der Waals surface area contributed by atoms with Gasteiger partial charge in [-0.2, -0.15) is 0 Å². The van der Waals surface area contributed by atoms with Crippen molar-refractivity contribution in [3.8, 4) is 11.4 Å². The lowest BCUT2D eigenvalue weighted by Gasteiger charge is -2.08. The minimum absolute atomic E-state index is 0.0444. The number of thioether (sulfide) groups is 1. The van der Waals surface area contributed by atoms with Crippen molar-refractivity contribution in [2.45, 2.75) is 32.1 Å². The molecule has 0 saturated heterocycles. The predicted molar refractivity (Wildman–Crippen MR) is 118 cm³/mol. The zero-order valence-electron chi connectivity index (χ0n) is 16.3. The number of fused-ring (bicyclic) bond motifs is 1. The zero-order valence-corrected chi connectivity index (χ0v) is 17.9. The van der Waals surface area contributed by atoms with Gasteiger partial charge in [0.2, 0.25) is 5.91 Å². The van der Waals surface area contributed by atoms with Gasteiger partial charge in [-0.05, 0) is 32.0 Å². The van der Waals surface area contributed by atoms with E-state index in [1.165, 1.54) is 17.3 Å². The van der Waals surface area contributed by atoms with E-state index in [0.29, 0.717) is 6.54 Å². The molecule has 0 aliphatic rings. The van der Waals surface area contributed by atoms with Gasteiger partial charge < -0.3 is 9.88 Å². The highest BCUT2D eigenvalue weighted by Gasteiger charge is 2.15. The first-order chi connectivity index (χ1) is 14.1. The monoisotopic (exact) mass is 423 g/mol. The second kappa shape index (κ2) is 8.75. The predicted octanol–water partition coefficient (Wildman–Crippen LogP) is 4.29. The normalized spacial score (nSPS) is 11.1. The van der Waals surface area contributed by atoms with Crippen LogP contribution in [-0.2, 0) is 17.9 Å². The van der Waals surface area contributed by atoms with Crippen molar-refractivity contribution < 1.29 is 4.79 Å². The largest absolute Gasteiger partial charge is 0.349 e. The molecule has 0 unspecified atom stereocenters. The molecule has 0 spiro atoms. The van der Waals surface area contributed by atoms with E-state index in [1.54, 1.807) is 11.3 Å². The molecule has 6 nitrogen and oxygen atoms in total. The van der Waals surface area contributed by atoms with E-state index in [-0.39, 0.29) is 11.7 Å². The van der Waals surface area contributed by atoms with Gasteiger partial charge in [0, 0.05) is 12.1 Å². The van der Waals surface area contributed by atoms with Gasteiger partial charge in [0.05, 0.1) is 22.5 Å². The molecule has 0 aliphatic carbocycles. The van der Waals surface area contributed by atoms with E-state index in [4.69, 9.17) is 0 Å². The number of aromatic nitrogens is 4. The van der Waals surface area contributed by atoms with Gasteiger partial charge in [0.1, 0.15) is 5.01 Å². The summed E-state index contributed by atoms with van der Waals surface area (Å²) < 4.78 is 3.17. The average molecular weight is 424 g/mol. The van der Waals surface area contributed by atoms with Crippen LogP contribution in [-0.4, -0.2) is 31.4 Å². The number of hydrogen-bond donors (Lipinski definition) is 1. The van der Waals surface area contributed by atoms with Crippen LogP contribution < -0.4 is 5.32 Å². The van der Waals surface area contributed by atoms with E-state index in [9.17, 15) is 4.79 Å². The van der Waals surface area contributed by atoms with E-state index in [2.05, 4.69) is 46.5 Å². The Morgan fingerprint density at radius 2 is 2.03 bits per heavy atom. The van der Waals surface area contributed by atoms with Gasteiger partial charge in [0.25, 0.3) is 0 Å². The fraction of sp³-hybridized carbons (Fsp3) is 0.238. The molecular formula is C21H21N5OS2. The van der Waals surface area contributed by atoms with Crippen molar-refractivity contribution in [1.29, 1.82) is 0 Å². The zero-order chi connectivity index (χ0) is 20.2. The first-order valence-corrected chi connectivity index (χ1v) is 11.2. The summed E-state index contributed by atoms with van der Waals surface area (Å²) in [6.45, 7) is 5.29. The molecule has 1 amide bonds. The molecule has 0 bridgehead atoms. The Hall–Kier alpha value is -2.71. The van der Waals surface area contributed by atoms with Crippen LogP contribution >= 0.6 is 23.1 Å². The van der Waals surface area contributed by atoms with Crippen molar-refractivity contribution in [3.63, 3.8) is 0 Å². The number of hydrogen-bond acceptors (Lipinski definition) is 6. The minimum atomic E-state index is -0.0444. The number of aryl methyl sites for hydroxylation is 1. The Kier molecular flexibility index (Phi) is 5.92. The van der Waals surface area contributed by atoms with Crippen molar-refractivity contribution in [1.82, 2.24) is 25.1 Å². The van der Waals surface area contributed by atoms with E-state index < -0.39 is 0 Å². The number of rotatable bonds is 7. The molecule has 2 aromatic carbocycles. The Labute approximate surface area is 177 Å². The van der Waals surface area contributed by atoms with Crippen LogP contribution in [0.3, 0.4) is 0 Å². The molecule has 0 aliphatic heterocycles. The van der Waals surface area contributed by atoms with Gasteiger partial charge in [-0.15, -0.1) is 21.5 Å². The molecule has 4 rings (SSSR count). The number of thiazole rings is 1. The van der Waals surface area contributed by atoms with Crippen molar-refractivity contribution in [3.05, 3.63) is 59.1 Å². The van der Waals surface area contributed by atoms with Crippen LogP contribution in [0.15, 0.2) is 53.7 Å². The molecule has 29 heavy (non-hydrogen) atoms. The number of para-hydroxylation sites is 1. The summed E-state index contributed by atoms with van der Waals surface area (Å²) in [7, 11) is 0. The second-order valence-corrected chi connectivity index (χ2v) is 8.62. The number of carbonyl (C=O) groups excluding carboxylic acids is 1. The fourth-order valence-corrected chi connectivity index (χ4v) is 4.77. The highest BCUT2D eigenvalue weighted by molar-refractivity contribution is 7.99. The molecular weight excluding hydrogens is 402 g/mol. The molecule has 0 fully saturated rings.